The molecule has 5 atom stereocenters. The second-order valence-corrected chi connectivity index (χ2v) is 13.8. The number of carbonyl (C=O) groups excluding carboxylic acids is 1. The zero-order valence-electron chi connectivity index (χ0n) is 24.1. The molecule has 1 spiro atoms. The van der Waals surface area contributed by atoms with Gasteiger partial charge >= 0.3 is 0 Å². The SMILES string of the molecule is COCCOC1/C=C/CCC(C)SNC(=O)c2ccc3c(c2)N(CC2CCC21)CC1(CCc2cc(Cl)ccc21)CO3. The van der Waals surface area contributed by atoms with E-state index in [9.17, 15) is 4.79 Å². The normalized spacial score (nSPS) is 30.4. The average molecular weight is 597 g/mol. The van der Waals surface area contributed by atoms with Crippen LogP contribution in [0.15, 0.2) is 48.6 Å². The zero-order chi connectivity index (χ0) is 28.4. The van der Waals surface area contributed by atoms with E-state index in [2.05, 4.69) is 40.8 Å². The second kappa shape index (κ2) is 12.6. The van der Waals surface area contributed by atoms with Gasteiger partial charge in [-0.15, -0.1) is 0 Å². The van der Waals surface area contributed by atoms with E-state index in [0.717, 1.165) is 61.7 Å². The molecular weight excluding hydrogens is 556 g/mol. The summed E-state index contributed by atoms with van der Waals surface area (Å²) in [6, 6.07) is 12.3. The number of amides is 1. The van der Waals surface area contributed by atoms with Crippen LogP contribution >= 0.6 is 23.5 Å². The quantitative estimate of drug-likeness (QED) is 0.244. The number of methoxy groups -OCH3 is 1. The number of carbonyl (C=O) groups is 1. The van der Waals surface area contributed by atoms with Gasteiger partial charge in [-0.05, 0) is 104 Å². The molecule has 2 heterocycles. The zero-order valence-corrected chi connectivity index (χ0v) is 25.6. The van der Waals surface area contributed by atoms with Gasteiger partial charge in [0, 0.05) is 41.5 Å². The highest BCUT2D eigenvalue weighted by molar-refractivity contribution is 7.98. The Kier molecular flexibility index (Phi) is 8.87. The molecule has 41 heavy (non-hydrogen) atoms. The van der Waals surface area contributed by atoms with E-state index in [1.54, 1.807) is 7.11 Å². The first-order chi connectivity index (χ1) is 20.0. The Morgan fingerprint density at radius 2 is 2.07 bits per heavy atom. The van der Waals surface area contributed by atoms with E-state index < -0.39 is 0 Å². The van der Waals surface area contributed by atoms with Crippen molar-refractivity contribution in [1.29, 1.82) is 0 Å². The first kappa shape index (κ1) is 28.9. The number of halogens is 1. The molecule has 0 saturated heterocycles. The van der Waals surface area contributed by atoms with Crippen molar-refractivity contribution < 1.29 is 19.0 Å². The molecule has 6 rings (SSSR count). The number of nitrogens with one attached hydrogen (secondary N) is 1. The minimum Gasteiger partial charge on any atom is -0.490 e. The van der Waals surface area contributed by atoms with Gasteiger partial charge in [-0.25, -0.2) is 0 Å². The fourth-order valence-corrected chi connectivity index (χ4v) is 7.85. The van der Waals surface area contributed by atoms with Crippen LogP contribution < -0.4 is 14.4 Å². The maximum Gasteiger partial charge on any atom is 0.261 e. The maximum absolute atomic E-state index is 13.2. The lowest BCUT2D eigenvalue weighted by Gasteiger charge is -2.45. The van der Waals surface area contributed by atoms with Gasteiger partial charge < -0.3 is 19.1 Å². The Bertz CT molecular complexity index is 1290. The number of hydrogen-bond donors (Lipinski definition) is 1. The van der Waals surface area contributed by atoms with E-state index in [-0.39, 0.29) is 17.4 Å². The second-order valence-electron chi connectivity index (χ2n) is 12.1. The Balaban J connectivity index is 1.35. The largest absolute Gasteiger partial charge is 0.490 e. The third kappa shape index (κ3) is 6.15. The van der Waals surface area contributed by atoms with Crippen LogP contribution in [0.3, 0.4) is 0 Å². The van der Waals surface area contributed by atoms with Crippen molar-refractivity contribution in [3.05, 3.63) is 70.3 Å². The Morgan fingerprint density at radius 3 is 2.90 bits per heavy atom. The monoisotopic (exact) mass is 596 g/mol. The van der Waals surface area contributed by atoms with Gasteiger partial charge in [-0.1, -0.05) is 36.7 Å². The molecule has 220 valence electrons. The highest BCUT2D eigenvalue weighted by Crippen LogP contribution is 2.47. The topological polar surface area (TPSA) is 60.0 Å². The molecule has 1 amide bonds. The first-order valence-corrected chi connectivity index (χ1v) is 16.3. The third-order valence-corrected chi connectivity index (χ3v) is 10.6. The summed E-state index contributed by atoms with van der Waals surface area (Å²) in [6.45, 7) is 5.72. The molecule has 0 radical (unpaired) electrons. The van der Waals surface area contributed by atoms with Crippen LogP contribution in [0.1, 0.15) is 60.5 Å². The molecule has 1 fully saturated rings. The summed E-state index contributed by atoms with van der Waals surface area (Å²) in [5, 5.41) is 1.09. The van der Waals surface area contributed by atoms with E-state index in [4.69, 9.17) is 25.8 Å². The van der Waals surface area contributed by atoms with E-state index in [1.165, 1.54) is 29.5 Å². The number of fused-ring (bicyclic) bond motifs is 4. The lowest BCUT2D eigenvalue weighted by molar-refractivity contribution is -0.0309. The van der Waals surface area contributed by atoms with Crippen molar-refractivity contribution in [3.63, 3.8) is 0 Å². The van der Waals surface area contributed by atoms with Gasteiger partial charge in [-0.3, -0.25) is 9.52 Å². The molecule has 2 aromatic carbocycles. The van der Waals surface area contributed by atoms with Crippen molar-refractivity contribution in [2.24, 2.45) is 11.8 Å². The van der Waals surface area contributed by atoms with E-state index in [0.29, 0.717) is 42.5 Å². The number of hydrogen-bond acceptors (Lipinski definition) is 6. The summed E-state index contributed by atoms with van der Waals surface area (Å²) >= 11 is 7.89. The molecule has 4 aliphatic rings. The number of aryl methyl sites for hydroxylation is 1. The number of anilines is 1. The lowest BCUT2D eigenvalue weighted by atomic mass is 9.69. The molecule has 6 nitrogen and oxygen atoms in total. The molecule has 2 aliphatic heterocycles. The van der Waals surface area contributed by atoms with E-state index in [1.807, 2.05) is 24.3 Å². The summed E-state index contributed by atoms with van der Waals surface area (Å²) in [5.74, 6) is 1.74. The molecular formula is C33H41ClN2O4S. The van der Waals surface area contributed by atoms with Crippen molar-refractivity contribution in [2.45, 2.75) is 62.2 Å². The van der Waals surface area contributed by atoms with Crippen LogP contribution in [-0.2, 0) is 21.3 Å². The first-order valence-electron chi connectivity index (χ1n) is 15.0. The average Bonchev–Trinajstić information content (AvgIpc) is 3.21. The molecule has 5 unspecified atom stereocenters. The Morgan fingerprint density at radius 1 is 1.17 bits per heavy atom. The smallest absolute Gasteiger partial charge is 0.261 e. The van der Waals surface area contributed by atoms with Gasteiger partial charge in [-0.2, -0.15) is 0 Å². The van der Waals surface area contributed by atoms with Gasteiger partial charge in [0.15, 0.2) is 0 Å². The molecule has 2 aromatic rings. The molecule has 0 aromatic heterocycles. The van der Waals surface area contributed by atoms with Crippen LogP contribution in [-0.4, -0.2) is 57.3 Å². The predicted molar refractivity (Wildman–Crippen MR) is 166 cm³/mol. The molecule has 2 aliphatic carbocycles. The Hall–Kier alpha value is -2.19. The van der Waals surface area contributed by atoms with Crippen molar-refractivity contribution in [1.82, 2.24) is 4.72 Å². The standard InChI is InChI=1S/C33H41ClN2O4S/c1-22-5-3-4-6-30(39-16-15-38-2)27-10-7-25(27)19-36-20-33(14-13-23-17-26(34)9-11-28(23)33)21-40-31-12-8-24(18-29(31)36)32(37)35-41-22/h4,6,8-9,11-12,17-18,22,25,27,30H,3,5,7,10,13-16,19-21H2,1-2H3,(H,35,37)/b6-4+. The van der Waals surface area contributed by atoms with Crippen molar-refractivity contribution in [3.8, 4) is 5.75 Å². The fourth-order valence-electron chi connectivity index (χ4n) is 6.97. The third-order valence-electron chi connectivity index (χ3n) is 9.44. The van der Waals surface area contributed by atoms with Crippen LogP contribution in [0, 0.1) is 11.8 Å². The van der Waals surface area contributed by atoms with Crippen LogP contribution in [0.5, 0.6) is 5.75 Å². The molecule has 8 heteroatoms. The minimum absolute atomic E-state index is 0.0554. The summed E-state index contributed by atoms with van der Waals surface area (Å²) in [4.78, 5) is 15.7. The van der Waals surface area contributed by atoms with Crippen molar-refractivity contribution in [2.75, 3.05) is 44.9 Å². The number of benzene rings is 2. The van der Waals surface area contributed by atoms with Gasteiger partial charge in [0.1, 0.15) is 5.75 Å². The summed E-state index contributed by atoms with van der Waals surface area (Å²) < 4.78 is 21.4. The Labute approximate surface area is 253 Å². The molecule has 1 saturated carbocycles. The molecule has 1 N–H and O–H groups in total. The van der Waals surface area contributed by atoms with Crippen LogP contribution in [0.4, 0.5) is 5.69 Å². The highest BCUT2D eigenvalue weighted by atomic mass is 35.5. The minimum atomic E-state index is -0.124. The number of rotatable bonds is 4. The predicted octanol–water partition coefficient (Wildman–Crippen LogP) is 6.60. The van der Waals surface area contributed by atoms with Gasteiger partial charge in [0.25, 0.3) is 5.91 Å². The van der Waals surface area contributed by atoms with Gasteiger partial charge in [0.05, 0.1) is 31.6 Å². The van der Waals surface area contributed by atoms with Crippen LogP contribution in [0.2, 0.25) is 5.02 Å². The maximum atomic E-state index is 13.2. The van der Waals surface area contributed by atoms with Crippen LogP contribution in [0.25, 0.3) is 0 Å². The van der Waals surface area contributed by atoms with E-state index >= 15 is 0 Å². The summed E-state index contributed by atoms with van der Waals surface area (Å²) in [7, 11) is 1.72. The molecule has 2 bridgehead atoms. The highest BCUT2D eigenvalue weighted by Gasteiger charge is 2.45. The van der Waals surface area contributed by atoms with Crippen molar-refractivity contribution >= 4 is 35.1 Å². The summed E-state index contributed by atoms with van der Waals surface area (Å²) in [6.07, 6.45) is 10.9. The number of nitrogens with zero attached hydrogens (tertiary/aromatic N) is 1. The summed E-state index contributed by atoms with van der Waals surface area (Å²) in [5.41, 5.74) is 4.23. The van der Waals surface area contributed by atoms with Gasteiger partial charge in [0.2, 0.25) is 0 Å². The number of allylic oxidation sites excluding steroid dienone is 1. The fraction of sp³-hybridized carbons (Fsp3) is 0.545. The number of ether oxygens (including phenoxy) is 3. The lowest BCUT2D eigenvalue weighted by Crippen LogP contribution is -2.48.